The minimum absolute atomic E-state index is 0.500. The summed E-state index contributed by atoms with van der Waals surface area (Å²) in [7, 11) is 0. The lowest BCUT2D eigenvalue weighted by Gasteiger charge is -1.80. The van der Waals surface area contributed by atoms with E-state index in [4.69, 9.17) is 11.0 Å². The first-order chi connectivity index (χ1) is 6.86. The van der Waals surface area contributed by atoms with E-state index in [-0.39, 0.29) is 0 Å². The summed E-state index contributed by atoms with van der Waals surface area (Å²) in [6, 6.07) is 1.89. The molecule has 2 rings (SSSR count). The molecule has 6 nitrogen and oxygen atoms in total. The van der Waals surface area contributed by atoms with Crippen LogP contribution in [0.15, 0.2) is 25.0 Å². The Kier molecular flexibility index (Phi) is 3.91. The monoisotopic (exact) mass is 190 g/mol. The smallest absolute Gasteiger partial charge is 0.137 e. The Morgan fingerprint density at radius 2 is 2.00 bits per heavy atom. The summed E-state index contributed by atoms with van der Waals surface area (Å²) in [6.07, 6.45) is 6.26. The van der Waals surface area contributed by atoms with Gasteiger partial charge in [0.05, 0.1) is 18.9 Å². The second-order valence-corrected chi connectivity index (χ2v) is 2.36. The summed E-state index contributed by atoms with van der Waals surface area (Å²) in [4.78, 5) is 12.8. The Morgan fingerprint density at radius 1 is 1.29 bits per heavy atom. The predicted molar refractivity (Wildman–Crippen MR) is 49.8 cm³/mol. The highest BCUT2D eigenvalue weighted by Crippen LogP contribution is 1.84. The van der Waals surface area contributed by atoms with Crippen molar-refractivity contribution in [3.63, 3.8) is 0 Å². The van der Waals surface area contributed by atoms with Gasteiger partial charge in [-0.15, -0.1) is 0 Å². The zero-order valence-corrected chi connectivity index (χ0v) is 7.44. The predicted octanol–water partition coefficient (Wildman–Crippen LogP) is 0.150. The molecular formula is C8H10N6. The first-order valence-corrected chi connectivity index (χ1v) is 3.92. The number of hydrogen-bond acceptors (Lipinski definition) is 4. The van der Waals surface area contributed by atoms with Crippen LogP contribution in [0.1, 0.15) is 11.4 Å². The summed E-state index contributed by atoms with van der Waals surface area (Å²) in [6.45, 7) is 0.542. The van der Waals surface area contributed by atoms with Crippen molar-refractivity contribution in [3.05, 3.63) is 36.4 Å². The Bertz CT molecular complexity index is 368. The third-order valence-electron chi connectivity index (χ3n) is 1.39. The third-order valence-corrected chi connectivity index (χ3v) is 1.39. The first-order valence-electron chi connectivity index (χ1n) is 3.92. The van der Waals surface area contributed by atoms with Gasteiger partial charge in [-0.3, -0.25) is 0 Å². The molecule has 0 fully saturated rings. The van der Waals surface area contributed by atoms with E-state index in [9.17, 15) is 0 Å². The molecule has 2 heterocycles. The highest BCUT2D eigenvalue weighted by atomic mass is 14.9. The zero-order valence-electron chi connectivity index (χ0n) is 7.44. The lowest BCUT2D eigenvalue weighted by atomic mass is 10.5. The molecule has 0 bridgehead atoms. The second kappa shape index (κ2) is 5.50. The van der Waals surface area contributed by atoms with Crippen LogP contribution in [-0.4, -0.2) is 19.9 Å². The molecule has 0 aliphatic rings. The van der Waals surface area contributed by atoms with E-state index in [1.54, 1.807) is 12.5 Å². The average Bonchev–Trinajstić information content (AvgIpc) is 2.92. The molecular weight excluding hydrogens is 180 g/mol. The van der Waals surface area contributed by atoms with E-state index in [1.165, 1.54) is 12.5 Å². The fourth-order valence-corrected chi connectivity index (χ4v) is 0.713. The number of aromatic amines is 2. The maximum absolute atomic E-state index is 8.11. The molecule has 4 N–H and O–H groups in total. The highest BCUT2D eigenvalue weighted by molar-refractivity contribution is 5.13. The molecule has 0 saturated heterocycles. The van der Waals surface area contributed by atoms with Gasteiger partial charge in [-0.25, -0.2) is 9.97 Å². The third kappa shape index (κ3) is 3.08. The van der Waals surface area contributed by atoms with E-state index in [1.807, 2.05) is 6.07 Å². The Balaban J connectivity index is 0.000000140. The molecule has 0 unspecified atom stereocenters. The minimum atomic E-state index is 0.500. The molecule has 14 heavy (non-hydrogen) atoms. The van der Waals surface area contributed by atoms with Crippen LogP contribution in [0, 0.1) is 11.3 Å². The van der Waals surface area contributed by atoms with Crippen LogP contribution in [0.2, 0.25) is 0 Å². The van der Waals surface area contributed by atoms with Crippen molar-refractivity contribution in [2.24, 2.45) is 5.73 Å². The molecule has 2 aromatic heterocycles. The minimum Gasteiger partial charge on any atom is -0.347 e. The molecule has 72 valence electrons. The van der Waals surface area contributed by atoms with Gasteiger partial charge in [0.25, 0.3) is 0 Å². The standard InChI is InChI=1S/C4H7N3.C4H3N3/c2*5-1-4-2-6-3-7-4/h2-3H,1,5H2,(H,6,7);2-3H,(H,6,7). The van der Waals surface area contributed by atoms with Crippen LogP contribution in [0.3, 0.4) is 0 Å². The molecule has 0 aliphatic carbocycles. The van der Waals surface area contributed by atoms with E-state index < -0.39 is 0 Å². The van der Waals surface area contributed by atoms with Crippen molar-refractivity contribution in [1.29, 1.82) is 5.26 Å². The van der Waals surface area contributed by atoms with E-state index in [0.29, 0.717) is 12.2 Å². The molecule has 6 heteroatoms. The summed E-state index contributed by atoms with van der Waals surface area (Å²) in [5, 5.41) is 8.11. The Labute approximate surface area is 80.8 Å². The largest absolute Gasteiger partial charge is 0.347 e. The maximum Gasteiger partial charge on any atom is 0.137 e. The van der Waals surface area contributed by atoms with E-state index in [0.717, 1.165) is 5.69 Å². The Morgan fingerprint density at radius 3 is 2.29 bits per heavy atom. The number of hydrogen-bond donors (Lipinski definition) is 3. The molecule has 0 amide bonds. The van der Waals surface area contributed by atoms with Crippen LogP contribution in [-0.2, 0) is 6.54 Å². The van der Waals surface area contributed by atoms with Gasteiger partial charge in [0.2, 0.25) is 0 Å². The molecule has 0 saturated carbocycles. The van der Waals surface area contributed by atoms with Gasteiger partial charge < -0.3 is 15.7 Å². The Hall–Kier alpha value is -2.13. The molecule has 2 aromatic rings. The van der Waals surface area contributed by atoms with Gasteiger partial charge in [-0.1, -0.05) is 0 Å². The van der Waals surface area contributed by atoms with Crippen LogP contribution < -0.4 is 5.73 Å². The fourth-order valence-electron chi connectivity index (χ4n) is 0.713. The van der Waals surface area contributed by atoms with Crippen molar-refractivity contribution in [2.45, 2.75) is 6.54 Å². The van der Waals surface area contributed by atoms with Gasteiger partial charge >= 0.3 is 0 Å². The molecule has 0 radical (unpaired) electrons. The number of nitrogens with one attached hydrogen (secondary N) is 2. The summed E-state index contributed by atoms with van der Waals surface area (Å²) < 4.78 is 0. The number of nitrogens with two attached hydrogens (primary N) is 1. The number of H-pyrrole nitrogens is 2. The fraction of sp³-hybridized carbons (Fsp3) is 0.125. The van der Waals surface area contributed by atoms with Crippen molar-refractivity contribution in [2.75, 3.05) is 0 Å². The summed E-state index contributed by atoms with van der Waals surface area (Å²) >= 11 is 0. The van der Waals surface area contributed by atoms with Gasteiger partial charge in [-0.2, -0.15) is 5.26 Å². The number of nitrogens with zero attached hydrogens (tertiary/aromatic N) is 3. The zero-order chi connectivity index (χ0) is 10.2. The van der Waals surface area contributed by atoms with Gasteiger partial charge in [0.15, 0.2) is 0 Å². The summed E-state index contributed by atoms with van der Waals surface area (Å²) in [5.41, 5.74) is 6.70. The van der Waals surface area contributed by atoms with Crippen molar-refractivity contribution in [1.82, 2.24) is 19.9 Å². The van der Waals surface area contributed by atoms with Crippen LogP contribution in [0.25, 0.3) is 0 Å². The van der Waals surface area contributed by atoms with E-state index in [2.05, 4.69) is 19.9 Å². The van der Waals surface area contributed by atoms with Gasteiger partial charge in [0.1, 0.15) is 11.8 Å². The van der Waals surface area contributed by atoms with E-state index >= 15 is 0 Å². The number of aromatic nitrogens is 4. The van der Waals surface area contributed by atoms with Crippen LogP contribution in [0.4, 0.5) is 0 Å². The molecule has 0 atom stereocenters. The SMILES string of the molecule is N#Cc1cnc[nH]1.NCc1cnc[nH]1. The van der Waals surface area contributed by atoms with Crippen LogP contribution >= 0.6 is 0 Å². The first kappa shape index (κ1) is 9.95. The summed E-state index contributed by atoms with van der Waals surface area (Å²) in [5.74, 6) is 0. The van der Waals surface area contributed by atoms with Crippen molar-refractivity contribution >= 4 is 0 Å². The molecule has 0 spiro atoms. The molecule has 0 aromatic carbocycles. The molecule has 0 aliphatic heterocycles. The number of rotatable bonds is 1. The lowest BCUT2D eigenvalue weighted by Crippen LogP contribution is -1.94. The normalized spacial score (nSPS) is 8.57. The maximum atomic E-state index is 8.11. The highest BCUT2D eigenvalue weighted by Gasteiger charge is 1.82. The second-order valence-electron chi connectivity index (χ2n) is 2.36. The van der Waals surface area contributed by atoms with Crippen molar-refractivity contribution < 1.29 is 0 Å². The van der Waals surface area contributed by atoms with Crippen molar-refractivity contribution in [3.8, 4) is 6.07 Å². The number of nitriles is 1. The lowest BCUT2D eigenvalue weighted by molar-refractivity contribution is 1.01. The average molecular weight is 190 g/mol. The van der Waals surface area contributed by atoms with Gasteiger partial charge in [-0.05, 0) is 0 Å². The number of imidazole rings is 2. The van der Waals surface area contributed by atoms with Gasteiger partial charge in [0, 0.05) is 18.4 Å². The quantitative estimate of drug-likeness (QED) is 0.594. The topological polar surface area (TPSA) is 107 Å². The van der Waals surface area contributed by atoms with Crippen LogP contribution in [0.5, 0.6) is 0 Å².